The first-order valence-electron chi connectivity index (χ1n) is 7.53. The Bertz CT molecular complexity index is 872. The molecule has 1 atom stereocenters. The summed E-state index contributed by atoms with van der Waals surface area (Å²) >= 11 is 0. The van der Waals surface area contributed by atoms with Gasteiger partial charge in [-0.15, -0.1) is 0 Å². The Kier molecular flexibility index (Phi) is 3.22. The van der Waals surface area contributed by atoms with E-state index in [1.807, 2.05) is 36.4 Å². The van der Waals surface area contributed by atoms with Gasteiger partial charge in [-0.25, -0.2) is 0 Å². The summed E-state index contributed by atoms with van der Waals surface area (Å²) in [6.07, 6.45) is 0. The molecule has 3 nitrogen and oxygen atoms in total. The quantitative estimate of drug-likeness (QED) is 0.498. The van der Waals surface area contributed by atoms with E-state index >= 15 is 0 Å². The Morgan fingerprint density at radius 3 is 2.17 bits per heavy atom. The lowest BCUT2D eigenvalue weighted by Crippen LogP contribution is -2.30. The molecular weight excluding hydrogens is 287 g/mol. The van der Waals surface area contributed by atoms with Gasteiger partial charge in [0.2, 0.25) is 0 Å². The second-order valence-corrected chi connectivity index (χ2v) is 5.83. The number of phenolic OH excluding ortho intramolecular Hbond substituents is 1. The van der Waals surface area contributed by atoms with E-state index in [0.29, 0.717) is 5.46 Å². The fourth-order valence-corrected chi connectivity index (χ4v) is 3.41. The molecule has 1 aliphatic rings. The molecule has 1 aliphatic carbocycles. The highest BCUT2D eigenvalue weighted by Gasteiger charge is 2.30. The average Bonchev–Trinajstić information content (AvgIpc) is 2.89. The Morgan fingerprint density at radius 1 is 0.739 bits per heavy atom. The maximum atomic E-state index is 9.54. The van der Waals surface area contributed by atoms with Crippen LogP contribution in [0.3, 0.4) is 0 Å². The van der Waals surface area contributed by atoms with Crippen LogP contribution in [0, 0.1) is 0 Å². The lowest BCUT2D eigenvalue weighted by molar-refractivity contribution is 0.425. The highest BCUT2D eigenvalue weighted by atomic mass is 16.4. The SMILES string of the molecule is OB(O)c1ccc2c(c1)C(c1ccc(O)cc1)c1ccccc1-2. The molecule has 4 rings (SSSR count). The zero-order valence-corrected chi connectivity index (χ0v) is 12.3. The van der Waals surface area contributed by atoms with Crippen LogP contribution in [0.4, 0.5) is 0 Å². The average molecular weight is 302 g/mol. The lowest BCUT2D eigenvalue weighted by Gasteiger charge is -2.15. The fourth-order valence-electron chi connectivity index (χ4n) is 3.41. The van der Waals surface area contributed by atoms with Gasteiger partial charge in [-0.2, -0.15) is 0 Å². The van der Waals surface area contributed by atoms with Gasteiger partial charge in [0.25, 0.3) is 0 Å². The molecule has 112 valence electrons. The third-order valence-electron chi connectivity index (χ3n) is 4.47. The molecule has 4 heteroatoms. The molecule has 23 heavy (non-hydrogen) atoms. The zero-order chi connectivity index (χ0) is 16.0. The second kappa shape index (κ2) is 5.27. The molecule has 0 fully saturated rings. The van der Waals surface area contributed by atoms with Crippen LogP contribution in [0.15, 0.2) is 66.7 Å². The first kappa shape index (κ1) is 14.1. The largest absolute Gasteiger partial charge is 0.508 e. The van der Waals surface area contributed by atoms with E-state index in [-0.39, 0.29) is 11.7 Å². The van der Waals surface area contributed by atoms with Crippen LogP contribution in [0.5, 0.6) is 5.75 Å². The summed E-state index contributed by atoms with van der Waals surface area (Å²) < 4.78 is 0. The summed E-state index contributed by atoms with van der Waals surface area (Å²) in [7, 11) is -1.48. The molecular formula is C19H15BO3. The van der Waals surface area contributed by atoms with Gasteiger partial charge in [0, 0.05) is 5.92 Å². The molecule has 0 amide bonds. The number of fused-ring (bicyclic) bond motifs is 3. The summed E-state index contributed by atoms with van der Waals surface area (Å²) in [5, 5.41) is 28.5. The number of phenols is 1. The number of rotatable bonds is 2. The summed E-state index contributed by atoms with van der Waals surface area (Å²) in [4.78, 5) is 0. The van der Waals surface area contributed by atoms with Crippen LogP contribution in [-0.2, 0) is 0 Å². The van der Waals surface area contributed by atoms with Crippen molar-refractivity contribution in [2.45, 2.75) is 5.92 Å². The minimum absolute atomic E-state index is 0.0282. The van der Waals surface area contributed by atoms with Gasteiger partial charge in [0.15, 0.2) is 0 Å². The molecule has 0 heterocycles. The molecule has 0 aromatic heterocycles. The minimum Gasteiger partial charge on any atom is -0.508 e. The maximum Gasteiger partial charge on any atom is 0.488 e. The van der Waals surface area contributed by atoms with Crippen molar-refractivity contribution in [3.63, 3.8) is 0 Å². The van der Waals surface area contributed by atoms with Crippen molar-refractivity contribution in [3.05, 3.63) is 83.4 Å². The first-order valence-corrected chi connectivity index (χ1v) is 7.53. The van der Waals surface area contributed by atoms with Crippen molar-refractivity contribution in [2.24, 2.45) is 0 Å². The highest BCUT2D eigenvalue weighted by Crippen LogP contribution is 2.47. The van der Waals surface area contributed by atoms with E-state index < -0.39 is 7.12 Å². The van der Waals surface area contributed by atoms with Crippen molar-refractivity contribution in [3.8, 4) is 16.9 Å². The molecule has 0 saturated carbocycles. The molecule has 3 aromatic carbocycles. The Hall–Kier alpha value is -2.56. The molecule has 0 bridgehead atoms. The number of aromatic hydroxyl groups is 1. The summed E-state index contributed by atoms with van der Waals surface area (Å²) in [5.41, 5.74) is 6.09. The topological polar surface area (TPSA) is 60.7 Å². The molecule has 0 radical (unpaired) electrons. The van der Waals surface area contributed by atoms with Crippen LogP contribution < -0.4 is 5.46 Å². The first-order chi connectivity index (χ1) is 11.1. The molecule has 0 spiro atoms. The number of benzene rings is 3. The van der Waals surface area contributed by atoms with E-state index in [2.05, 4.69) is 12.1 Å². The molecule has 0 aliphatic heterocycles. The van der Waals surface area contributed by atoms with Crippen molar-refractivity contribution < 1.29 is 15.2 Å². The van der Waals surface area contributed by atoms with E-state index in [1.165, 1.54) is 11.1 Å². The van der Waals surface area contributed by atoms with Crippen LogP contribution >= 0.6 is 0 Å². The van der Waals surface area contributed by atoms with E-state index in [0.717, 1.165) is 16.7 Å². The molecule has 3 N–H and O–H groups in total. The van der Waals surface area contributed by atoms with E-state index in [4.69, 9.17) is 0 Å². The zero-order valence-electron chi connectivity index (χ0n) is 12.3. The fraction of sp³-hybridized carbons (Fsp3) is 0.0526. The Morgan fingerprint density at radius 2 is 1.43 bits per heavy atom. The Balaban J connectivity index is 1.95. The van der Waals surface area contributed by atoms with Crippen molar-refractivity contribution in [2.75, 3.05) is 0 Å². The molecule has 0 saturated heterocycles. The molecule has 1 unspecified atom stereocenters. The predicted octanol–water partition coefficient (Wildman–Crippen LogP) is 2.23. The normalized spacial score (nSPS) is 15.1. The second-order valence-electron chi connectivity index (χ2n) is 5.83. The standard InChI is InChI=1S/C19H15BO3/c21-14-8-5-12(6-9-14)19-17-4-2-1-3-15(17)16-10-7-13(20(22)23)11-18(16)19/h1-11,19,21-23H. The maximum absolute atomic E-state index is 9.54. The van der Waals surface area contributed by atoms with Crippen LogP contribution in [0.1, 0.15) is 22.6 Å². The summed E-state index contributed by atoms with van der Waals surface area (Å²) in [5.74, 6) is 0.264. The van der Waals surface area contributed by atoms with Gasteiger partial charge >= 0.3 is 7.12 Å². The third kappa shape index (κ3) is 2.24. The minimum atomic E-state index is -1.48. The van der Waals surface area contributed by atoms with E-state index in [9.17, 15) is 15.2 Å². The van der Waals surface area contributed by atoms with Crippen molar-refractivity contribution in [1.82, 2.24) is 0 Å². The third-order valence-corrected chi connectivity index (χ3v) is 4.47. The smallest absolute Gasteiger partial charge is 0.488 e. The molecule has 3 aromatic rings. The van der Waals surface area contributed by atoms with E-state index in [1.54, 1.807) is 18.2 Å². The van der Waals surface area contributed by atoms with Crippen molar-refractivity contribution >= 4 is 12.6 Å². The highest BCUT2D eigenvalue weighted by molar-refractivity contribution is 6.58. The number of hydrogen-bond donors (Lipinski definition) is 3. The van der Waals surface area contributed by atoms with Gasteiger partial charge in [0.05, 0.1) is 0 Å². The lowest BCUT2D eigenvalue weighted by atomic mass is 9.77. The van der Waals surface area contributed by atoms with Crippen LogP contribution in [0.25, 0.3) is 11.1 Å². The van der Waals surface area contributed by atoms with Crippen molar-refractivity contribution in [1.29, 1.82) is 0 Å². The van der Waals surface area contributed by atoms with Crippen LogP contribution in [-0.4, -0.2) is 22.3 Å². The van der Waals surface area contributed by atoms with Gasteiger partial charge in [-0.05, 0) is 45.4 Å². The monoisotopic (exact) mass is 302 g/mol. The van der Waals surface area contributed by atoms with Gasteiger partial charge in [0.1, 0.15) is 5.75 Å². The van der Waals surface area contributed by atoms with Gasteiger partial charge < -0.3 is 15.2 Å². The predicted molar refractivity (Wildman–Crippen MR) is 90.8 cm³/mol. The summed E-state index contributed by atoms with van der Waals surface area (Å²) in [6.45, 7) is 0. The van der Waals surface area contributed by atoms with Crippen LogP contribution in [0.2, 0.25) is 0 Å². The number of hydrogen-bond acceptors (Lipinski definition) is 3. The van der Waals surface area contributed by atoms with Gasteiger partial charge in [-0.1, -0.05) is 54.6 Å². The van der Waals surface area contributed by atoms with Gasteiger partial charge in [-0.3, -0.25) is 0 Å². The Labute approximate surface area is 134 Å². The summed E-state index contributed by atoms with van der Waals surface area (Å²) in [6, 6.07) is 21.0.